The zero-order valence-electron chi connectivity index (χ0n) is 12.0. The van der Waals surface area contributed by atoms with Gasteiger partial charge in [0.25, 0.3) is 0 Å². The third kappa shape index (κ3) is 2.76. The topological polar surface area (TPSA) is 75.8 Å². The molecular formula is C14H20N2O4. The van der Waals surface area contributed by atoms with Gasteiger partial charge in [-0.3, -0.25) is 15.0 Å². The molecule has 20 heavy (non-hydrogen) atoms. The molecule has 1 N–H and O–H groups in total. The normalized spacial score (nSPS) is 17.9. The summed E-state index contributed by atoms with van der Waals surface area (Å²) in [6.07, 6.45) is 0. The predicted octanol–water partition coefficient (Wildman–Crippen LogP) is 1.81. The van der Waals surface area contributed by atoms with Crippen molar-refractivity contribution in [2.45, 2.75) is 26.0 Å². The molecule has 0 unspecified atom stereocenters. The molecule has 1 heterocycles. The highest BCUT2D eigenvalue weighted by molar-refractivity contribution is 5.48. The molecule has 0 spiro atoms. The Bertz CT molecular complexity index is 510. The minimum atomic E-state index is -0.627. The van der Waals surface area contributed by atoms with Crippen molar-refractivity contribution in [2.24, 2.45) is 5.92 Å². The van der Waals surface area contributed by atoms with Crippen LogP contribution >= 0.6 is 0 Å². The monoisotopic (exact) mass is 280 g/mol. The summed E-state index contributed by atoms with van der Waals surface area (Å²) in [4.78, 5) is 12.6. The average molecular weight is 280 g/mol. The first kappa shape index (κ1) is 14.7. The van der Waals surface area contributed by atoms with Crippen LogP contribution in [0.3, 0.4) is 0 Å². The maximum absolute atomic E-state index is 11.0. The van der Waals surface area contributed by atoms with Crippen LogP contribution in [0.4, 0.5) is 5.69 Å². The standard InChI is InChI=1S/C14H20N2O4/c1-10(2)14(17)8-15(9-14)7-11-4-5-13(20-3)12(6-11)16(18)19/h4-6,10,17H,7-9H2,1-3H3. The van der Waals surface area contributed by atoms with Crippen molar-refractivity contribution >= 4 is 5.69 Å². The number of rotatable bonds is 5. The van der Waals surface area contributed by atoms with Crippen LogP contribution in [0.25, 0.3) is 0 Å². The fraction of sp³-hybridized carbons (Fsp3) is 0.571. The van der Waals surface area contributed by atoms with Crippen molar-refractivity contribution in [1.82, 2.24) is 4.90 Å². The van der Waals surface area contributed by atoms with Gasteiger partial charge in [0, 0.05) is 25.7 Å². The Labute approximate surface area is 118 Å². The summed E-state index contributed by atoms with van der Waals surface area (Å²) in [6, 6.07) is 4.96. The minimum absolute atomic E-state index is 0.0235. The smallest absolute Gasteiger partial charge is 0.311 e. The number of nitro groups is 1. The highest BCUT2D eigenvalue weighted by Crippen LogP contribution is 2.32. The SMILES string of the molecule is COc1ccc(CN2CC(O)(C(C)C)C2)cc1[N+](=O)[O-]. The van der Waals surface area contributed by atoms with Crippen molar-refractivity contribution in [1.29, 1.82) is 0 Å². The van der Waals surface area contributed by atoms with Gasteiger partial charge in [0.05, 0.1) is 17.6 Å². The van der Waals surface area contributed by atoms with E-state index in [1.54, 1.807) is 6.07 Å². The predicted molar refractivity (Wildman–Crippen MR) is 74.7 cm³/mol. The second-order valence-electron chi connectivity index (χ2n) is 5.67. The second kappa shape index (κ2) is 5.38. The first-order valence-corrected chi connectivity index (χ1v) is 6.62. The molecule has 0 saturated carbocycles. The van der Waals surface area contributed by atoms with E-state index in [0.717, 1.165) is 5.56 Å². The number of methoxy groups -OCH3 is 1. The number of hydrogen-bond acceptors (Lipinski definition) is 5. The summed E-state index contributed by atoms with van der Waals surface area (Å²) < 4.78 is 4.98. The van der Waals surface area contributed by atoms with Crippen molar-refractivity contribution in [3.8, 4) is 5.75 Å². The van der Waals surface area contributed by atoms with Gasteiger partial charge in [-0.1, -0.05) is 19.9 Å². The summed E-state index contributed by atoms with van der Waals surface area (Å²) in [5, 5.41) is 21.2. The van der Waals surface area contributed by atoms with Gasteiger partial charge in [-0.05, 0) is 17.5 Å². The number of hydrogen-bond donors (Lipinski definition) is 1. The lowest BCUT2D eigenvalue weighted by Crippen LogP contribution is -2.63. The summed E-state index contributed by atoms with van der Waals surface area (Å²) in [5.41, 5.74) is 0.200. The molecule has 6 heteroatoms. The summed E-state index contributed by atoms with van der Waals surface area (Å²) >= 11 is 0. The molecule has 0 amide bonds. The lowest BCUT2D eigenvalue weighted by atomic mass is 9.83. The molecule has 1 aromatic rings. The van der Waals surface area contributed by atoms with E-state index in [9.17, 15) is 15.2 Å². The zero-order valence-corrected chi connectivity index (χ0v) is 12.0. The molecular weight excluding hydrogens is 260 g/mol. The molecule has 6 nitrogen and oxygen atoms in total. The lowest BCUT2D eigenvalue weighted by Gasteiger charge is -2.49. The van der Waals surface area contributed by atoms with Gasteiger partial charge in [0.2, 0.25) is 0 Å². The second-order valence-corrected chi connectivity index (χ2v) is 5.67. The van der Waals surface area contributed by atoms with Crippen LogP contribution in [-0.4, -0.2) is 40.7 Å². The average Bonchev–Trinajstić information content (AvgIpc) is 2.36. The highest BCUT2D eigenvalue weighted by atomic mass is 16.6. The minimum Gasteiger partial charge on any atom is -0.490 e. The zero-order chi connectivity index (χ0) is 14.9. The van der Waals surface area contributed by atoms with Gasteiger partial charge in [0.1, 0.15) is 0 Å². The maximum atomic E-state index is 11.0. The van der Waals surface area contributed by atoms with Crippen molar-refractivity contribution in [3.05, 3.63) is 33.9 Å². The lowest BCUT2D eigenvalue weighted by molar-refractivity contribution is -0.385. The van der Waals surface area contributed by atoms with E-state index in [-0.39, 0.29) is 17.4 Å². The number of aliphatic hydroxyl groups is 1. The first-order chi connectivity index (χ1) is 9.35. The molecule has 0 radical (unpaired) electrons. The Kier molecular flexibility index (Phi) is 3.96. The number of nitrogens with zero attached hydrogens (tertiary/aromatic N) is 2. The highest BCUT2D eigenvalue weighted by Gasteiger charge is 2.43. The Hall–Kier alpha value is -1.66. The van der Waals surface area contributed by atoms with E-state index < -0.39 is 10.5 Å². The fourth-order valence-electron chi connectivity index (χ4n) is 2.44. The van der Waals surface area contributed by atoms with Crippen molar-refractivity contribution < 1.29 is 14.8 Å². The van der Waals surface area contributed by atoms with Crippen LogP contribution in [-0.2, 0) is 6.54 Å². The molecule has 110 valence electrons. The molecule has 0 atom stereocenters. The van der Waals surface area contributed by atoms with Crippen LogP contribution < -0.4 is 4.74 Å². The van der Waals surface area contributed by atoms with Crippen molar-refractivity contribution in [2.75, 3.05) is 20.2 Å². The molecule has 1 aliphatic heterocycles. The number of likely N-dealkylation sites (tertiary alicyclic amines) is 1. The Morgan fingerprint density at radius 1 is 1.50 bits per heavy atom. The summed E-state index contributed by atoms with van der Waals surface area (Å²) in [6.45, 7) is 5.79. The first-order valence-electron chi connectivity index (χ1n) is 6.62. The van der Waals surface area contributed by atoms with Crippen LogP contribution in [0.5, 0.6) is 5.75 Å². The molecule has 0 bridgehead atoms. The van der Waals surface area contributed by atoms with E-state index in [1.807, 2.05) is 19.9 Å². The number of β-amino-alcohol motifs (C(OH)–C–C–N with tert-alkyl or cyclic N) is 1. The van der Waals surface area contributed by atoms with E-state index in [0.29, 0.717) is 19.6 Å². The van der Waals surface area contributed by atoms with Gasteiger partial charge in [-0.25, -0.2) is 0 Å². The Morgan fingerprint density at radius 3 is 2.65 bits per heavy atom. The maximum Gasteiger partial charge on any atom is 0.311 e. The number of benzene rings is 1. The molecule has 0 aliphatic carbocycles. The number of ether oxygens (including phenoxy) is 1. The van der Waals surface area contributed by atoms with Crippen LogP contribution in [0.15, 0.2) is 18.2 Å². The van der Waals surface area contributed by atoms with Crippen LogP contribution in [0.2, 0.25) is 0 Å². The molecule has 0 aromatic heterocycles. The molecule has 1 aliphatic rings. The summed E-state index contributed by atoms with van der Waals surface area (Å²) in [5.74, 6) is 0.477. The van der Waals surface area contributed by atoms with E-state index in [4.69, 9.17) is 4.74 Å². The van der Waals surface area contributed by atoms with Gasteiger partial charge in [-0.15, -0.1) is 0 Å². The Balaban J connectivity index is 2.05. The van der Waals surface area contributed by atoms with E-state index in [1.165, 1.54) is 13.2 Å². The quantitative estimate of drug-likeness (QED) is 0.657. The van der Waals surface area contributed by atoms with Crippen LogP contribution in [0.1, 0.15) is 19.4 Å². The Morgan fingerprint density at radius 2 is 2.15 bits per heavy atom. The molecule has 1 fully saturated rings. The van der Waals surface area contributed by atoms with Gasteiger partial charge >= 0.3 is 5.69 Å². The third-order valence-electron chi connectivity index (χ3n) is 3.92. The summed E-state index contributed by atoms with van der Waals surface area (Å²) in [7, 11) is 1.42. The van der Waals surface area contributed by atoms with Crippen LogP contribution in [0, 0.1) is 16.0 Å². The fourth-order valence-corrected chi connectivity index (χ4v) is 2.44. The van der Waals surface area contributed by atoms with Gasteiger partial charge in [-0.2, -0.15) is 0 Å². The number of nitro benzene ring substituents is 1. The molecule has 1 saturated heterocycles. The molecule has 2 rings (SSSR count). The van der Waals surface area contributed by atoms with E-state index >= 15 is 0 Å². The third-order valence-corrected chi connectivity index (χ3v) is 3.92. The van der Waals surface area contributed by atoms with E-state index in [2.05, 4.69) is 4.90 Å². The van der Waals surface area contributed by atoms with Crippen molar-refractivity contribution in [3.63, 3.8) is 0 Å². The van der Waals surface area contributed by atoms with Gasteiger partial charge < -0.3 is 9.84 Å². The molecule has 1 aromatic carbocycles. The largest absolute Gasteiger partial charge is 0.490 e. The van der Waals surface area contributed by atoms with Gasteiger partial charge in [0.15, 0.2) is 5.75 Å².